The van der Waals surface area contributed by atoms with Crippen LogP contribution in [0.2, 0.25) is 5.02 Å². The van der Waals surface area contributed by atoms with Gasteiger partial charge in [0.2, 0.25) is 10.0 Å². The first-order chi connectivity index (χ1) is 9.22. The number of hydrogen-bond acceptors (Lipinski definition) is 3. The molecule has 0 heterocycles. The Balaban J connectivity index is 2.72. The molecule has 6 heteroatoms. The summed E-state index contributed by atoms with van der Waals surface area (Å²) in [5.74, 6) is 0.627. The lowest BCUT2D eigenvalue weighted by atomic mass is 10.0. The van der Waals surface area contributed by atoms with Gasteiger partial charge in [0.15, 0.2) is 0 Å². The van der Waals surface area contributed by atoms with Gasteiger partial charge in [0.25, 0.3) is 0 Å². The van der Waals surface area contributed by atoms with Gasteiger partial charge in [0.05, 0.1) is 5.69 Å². The average molecular weight is 319 g/mol. The Morgan fingerprint density at radius 2 is 1.90 bits per heavy atom. The highest BCUT2D eigenvalue weighted by atomic mass is 35.5. The summed E-state index contributed by atoms with van der Waals surface area (Å²) in [4.78, 5) is 0.0423. The SMILES string of the molecule is CC(C)CCCC(C)NS(=O)(=O)c1cc(Cl)ccc1N. The van der Waals surface area contributed by atoms with Crippen molar-refractivity contribution in [3.05, 3.63) is 23.2 Å². The van der Waals surface area contributed by atoms with E-state index in [-0.39, 0.29) is 16.6 Å². The molecule has 0 aromatic heterocycles. The van der Waals surface area contributed by atoms with Crippen molar-refractivity contribution in [3.63, 3.8) is 0 Å². The molecule has 1 aromatic carbocycles. The van der Waals surface area contributed by atoms with Gasteiger partial charge in [-0.25, -0.2) is 13.1 Å². The Morgan fingerprint density at radius 3 is 2.50 bits per heavy atom. The summed E-state index contributed by atoms with van der Waals surface area (Å²) in [5, 5.41) is 0.354. The molecule has 0 aliphatic heterocycles. The Morgan fingerprint density at radius 1 is 1.25 bits per heavy atom. The van der Waals surface area contributed by atoms with E-state index in [1.54, 1.807) is 6.07 Å². The second-order valence-electron chi connectivity index (χ2n) is 5.53. The Bertz CT molecular complexity index is 544. The average Bonchev–Trinajstić information content (AvgIpc) is 2.31. The monoisotopic (exact) mass is 318 g/mol. The standard InChI is InChI=1S/C14H23ClN2O2S/c1-10(2)5-4-6-11(3)17-20(18,19)14-9-12(15)7-8-13(14)16/h7-11,17H,4-6,16H2,1-3H3. The van der Waals surface area contributed by atoms with Gasteiger partial charge in [-0.3, -0.25) is 0 Å². The molecule has 1 atom stereocenters. The summed E-state index contributed by atoms with van der Waals surface area (Å²) >= 11 is 5.83. The molecular formula is C14H23ClN2O2S. The highest BCUT2D eigenvalue weighted by Gasteiger charge is 2.20. The number of rotatable bonds is 7. The third kappa shape index (κ3) is 5.31. The predicted octanol–water partition coefficient (Wildman–Crippen LogP) is 3.42. The quantitative estimate of drug-likeness (QED) is 0.757. The van der Waals surface area contributed by atoms with Gasteiger partial charge in [-0.05, 0) is 37.5 Å². The summed E-state index contributed by atoms with van der Waals surface area (Å²) in [6.45, 7) is 6.17. The summed E-state index contributed by atoms with van der Waals surface area (Å²) in [7, 11) is -3.62. The van der Waals surface area contributed by atoms with E-state index >= 15 is 0 Å². The summed E-state index contributed by atoms with van der Waals surface area (Å²) in [6, 6.07) is 4.32. The predicted molar refractivity (Wildman–Crippen MR) is 84.3 cm³/mol. The van der Waals surface area contributed by atoms with E-state index in [4.69, 9.17) is 17.3 Å². The summed E-state index contributed by atoms with van der Waals surface area (Å²) < 4.78 is 27.2. The van der Waals surface area contributed by atoms with Crippen molar-refractivity contribution < 1.29 is 8.42 Å². The van der Waals surface area contributed by atoms with Crippen molar-refractivity contribution in [2.75, 3.05) is 5.73 Å². The molecule has 1 rings (SSSR count). The van der Waals surface area contributed by atoms with Crippen LogP contribution in [0, 0.1) is 5.92 Å². The van der Waals surface area contributed by atoms with E-state index in [9.17, 15) is 8.42 Å². The maximum atomic E-state index is 12.3. The zero-order valence-electron chi connectivity index (χ0n) is 12.2. The molecule has 20 heavy (non-hydrogen) atoms. The molecule has 4 nitrogen and oxygen atoms in total. The van der Waals surface area contributed by atoms with Crippen LogP contribution in [0.25, 0.3) is 0 Å². The molecule has 0 saturated heterocycles. The summed E-state index contributed by atoms with van der Waals surface area (Å²) in [5.41, 5.74) is 5.92. The van der Waals surface area contributed by atoms with Crippen LogP contribution in [0.5, 0.6) is 0 Å². The molecule has 3 N–H and O–H groups in total. The van der Waals surface area contributed by atoms with Crippen molar-refractivity contribution in [1.29, 1.82) is 0 Å². The lowest BCUT2D eigenvalue weighted by Crippen LogP contribution is -2.33. The number of benzene rings is 1. The van der Waals surface area contributed by atoms with Gasteiger partial charge in [-0.15, -0.1) is 0 Å². The maximum Gasteiger partial charge on any atom is 0.242 e. The Kier molecular flexibility index (Phi) is 6.30. The third-order valence-electron chi connectivity index (χ3n) is 3.04. The molecule has 1 unspecified atom stereocenters. The molecule has 0 fully saturated rings. The molecule has 1 aromatic rings. The lowest BCUT2D eigenvalue weighted by molar-refractivity contribution is 0.488. The fraction of sp³-hybridized carbons (Fsp3) is 0.571. The van der Waals surface area contributed by atoms with E-state index in [2.05, 4.69) is 18.6 Å². The molecular weight excluding hydrogens is 296 g/mol. The zero-order valence-corrected chi connectivity index (χ0v) is 13.8. The number of nitrogens with one attached hydrogen (secondary N) is 1. The first kappa shape index (κ1) is 17.3. The van der Waals surface area contributed by atoms with Crippen molar-refractivity contribution in [3.8, 4) is 0 Å². The third-order valence-corrected chi connectivity index (χ3v) is 4.92. The van der Waals surface area contributed by atoms with Crippen molar-refractivity contribution in [2.45, 2.75) is 51.0 Å². The van der Waals surface area contributed by atoms with E-state index in [1.165, 1.54) is 12.1 Å². The number of halogens is 1. The Labute approximate surface area is 126 Å². The summed E-state index contributed by atoms with van der Waals surface area (Å²) in [6.07, 6.45) is 2.88. The van der Waals surface area contributed by atoms with E-state index in [1.807, 2.05) is 6.92 Å². The van der Waals surface area contributed by atoms with Crippen LogP contribution in [0.1, 0.15) is 40.0 Å². The fourth-order valence-corrected chi connectivity index (χ4v) is 3.63. The molecule has 0 radical (unpaired) electrons. The van der Waals surface area contributed by atoms with Crippen LogP contribution >= 0.6 is 11.6 Å². The molecule has 0 aliphatic rings. The molecule has 0 saturated carbocycles. The minimum atomic E-state index is -3.62. The minimum Gasteiger partial charge on any atom is -0.398 e. The minimum absolute atomic E-state index is 0.0423. The topological polar surface area (TPSA) is 72.2 Å². The van der Waals surface area contributed by atoms with Crippen LogP contribution in [-0.4, -0.2) is 14.5 Å². The number of nitrogen functional groups attached to an aromatic ring is 1. The number of nitrogens with two attached hydrogens (primary N) is 1. The van der Waals surface area contributed by atoms with E-state index in [0.29, 0.717) is 10.9 Å². The number of sulfonamides is 1. The molecule has 0 bridgehead atoms. The van der Waals surface area contributed by atoms with E-state index in [0.717, 1.165) is 19.3 Å². The van der Waals surface area contributed by atoms with Crippen LogP contribution in [0.4, 0.5) is 5.69 Å². The lowest BCUT2D eigenvalue weighted by Gasteiger charge is -2.16. The Hall–Kier alpha value is -0.780. The van der Waals surface area contributed by atoms with Crippen LogP contribution in [0.3, 0.4) is 0 Å². The van der Waals surface area contributed by atoms with Crippen molar-refractivity contribution >= 4 is 27.3 Å². The molecule has 0 amide bonds. The first-order valence-electron chi connectivity index (χ1n) is 6.79. The van der Waals surface area contributed by atoms with Gasteiger partial charge in [0.1, 0.15) is 4.90 Å². The first-order valence-corrected chi connectivity index (χ1v) is 8.66. The van der Waals surface area contributed by atoms with Gasteiger partial charge in [-0.2, -0.15) is 0 Å². The zero-order chi connectivity index (χ0) is 15.3. The van der Waals surface area contributed by atoms with E-state index < -0.39 is 10.0 Å². The number of hydrogen-bond donors (Lipinski definition) is 2. The van der Waals surface area contributed by atoms with Crippen LogP contribution in [-0.2, 0) is 10.0 Å². The highest BCUT2D eigenvalue weighted by molar-refractivity contribution is 7.89. The van der Waals surface area contributed by atoms with Gasteiger partial charge in [-0.1, -0.05) is 38.3 Å². The second kappa shape index (κ2) is 7.29. The van der Waals surface area contributed by atoms with Crippen molar-refractivity contribution in [2.24, 2.45) is 5.92 Å². The highest BCUT2D eigenvalue weighted by Crippen LogP contribution is 2.23. The van der Waals surface area contributed by atoms with Crippen LogP contribution in [0.15, 0.2) is 23.1 Å². The van der Waals surface area contributed by atoms with Gasteiger partial charge < -0.3 is 5.73 Å². The largest absolute Gasteiger partial charge is 0.398 e. The smallest absolute Gasteiger partial charge is 0.242 e. The molecule has 0 aliphatic carbocycles. The molecule has 0 spiro atoms. The second-order valence-corrected chi connectivity index (χ2v) is 7.65. The normalized spacial score (nSPS) is 13.7. The maximum absolute atomic E-state index is 12.3. The van der Waals surface area contributed by atoms with Crippen molar-refractivity contribution in [1.82, 2.24) is 4.72 Å². The molecule has 114 valence electrons. The fourth-order valence-electron chi connectivity index (χ4n) is 1.96. The van der Waals surface area contributed by atoms with Crippen LogP contribution < -0.4 is 10.5 Å². The van der Waals surface area contributed by atoms with Gasteiger partial charge in [0, 0.05) is 11.1 Å². The van der Waals surface area contributed by atoms with Gasteiger partial charge >= 0.3 is 0 Å². The number of anilines is 1.